The normalized spacial score (nSPS) is 18.4. The lowest BCUT2D eigenvalue weighted by Crippen LogP contribution is -2.46. The van der Waals surface area contributed by atoms with E-state index >= 15 is 0 Å². The van der Waals surface area contributed by atoms with Gasteiger partial charge in [-0.2, -0.15) is 0 Å². The Kier molecular flexibility index (Phi) is 5.03. The van der Waals surface area contributed by atoms with Gasteiger partial charge in [-0.3, -0.25) is 9.59 Å². The number of nitrogens with one attached hydrogen (secondary N) is 1. The second-order valence-electron chi connectivity index (χ2n) is 4.93. The molecule has 0 bridgehead atoms. The van der Waals surface area contributed by atoms with E-state index < -0.39 is 5.91 Å². The number of carbonyl (C=O) groups is 2. The van der Waals surface area contributed by atoms with Crippen molar-refractivity contribution in [1.29, 1.82) is 0 Å². The highest BCUT2D eigenvalue weighted by Crippen LogP contribution is 2.20. The number of primary amides is 1. The molecular weight excluding hydrogens is 294 g/mol. The minimum absolute atomic E-state index is 0.0132. The Hall–Kier alpha value is -1.79. The number of nitrogens with zero attached hydrogens (tertiary/aromatic N) is 1. The molecule has 2 amide bonds. The van der Waals surface area contributed by atoms with Crippen LogP contribution in [0.15, 0.2) is 18.2 Å². The number of benzene rings is 1. The molecule has 0 aliphatic carbocycles. The molecule has 7 heteroatoms. The summed E-state index contributed by atoms with van der Waals surface area (Å²) < 4.78 is 5.40. The highest BCUT2D eigenvalue weighted by molar-refractivity contribution is 6.33. The van der Waals surface area contributed by atoms with Crippen LogP contribution in [0.3, 0.4) is 0 Å². The summed E-state index contributed by atoms with van der Waals surface area (Å²) in [5, 5.41) is 3.27. The molecule has 6 nitrogen and oxygen atoms in total. The molecule has 2 rings (SSSR count). The third-order valence-electron chi connectivity index (χ3n) is 3.27. The van der Waals surface area contributed by atoms with Crippen LogP contribution in [0.1, 0.15) is 17.3 Å². The first-order chi connectivity index (χ1) is 9.97. The molecule has 1 aliphatic heterocycles. The Morgan fingerprint density at radius 1 is 1.52 bits per heavy atom. The van der Waals surface area contributed by atoms with E-state index in [2.05, 4.69) is 5.32 Å². The number of halogens is 1. The molecule has 0 unspecified atom stereocenters. The van der Waals surface area contributed by atoms with Gasteiger partial charge in [-0.1, -0.05) is 11.6 Å². The van der Waals surface area contributed by atoms with Gasteiger partial charge in [-0.15, -0.1) is 0 Å². The number of carbonyl (C=O) groups excluding carboxylic acids is 2. The maximum absolute atomic E-state index is 12.1. The van der Waals surface area contributed by atoms with Gasteiger partial charge in [0.2, 0.25) is 11.8 Å². The Morgan fingerprint density at radius 3 is 2.95 bits per heavy atom. The Labute approximate surface area is 128 Å². The molecule has 114 valence electrons. The Bertz CT molecular complexity index is 550. The van der Waals surface area contributed by atoms with Crippen molar-refractivity contribution < 1.29 is 14.3 Å². The van der Waals surface area contributed by atoms with Gasteiger partial charge in [0.1, 0.15) is 0 Å². The van der Waals surface area contributed by atoms with Crippen LogP contribution in [0.25, 0.3) is 0 Å². The van der Waals surface area contributed by atoms with Crippen molar-refractivity contribution in [3.63, 3.8) is 0 Å². The summed E-state index contributed by atoms with van der Waals surface area (Å²) >= 11 is 5.87. The maximum atomic E-state index is 12.1. The number of amides is 2. The molecule has 1 aromatic carbocycles. The standard InChI is InChI=1S/C14H18ClN3O3/c1-9-8-18(4-5-21-9)13(19)7-17-10-2-3-12(15)11(6-10)14(16)20/h2-3,6,9,17H,4-5,7-8H2,1H3,(H2,16,20)/t9-/m1/s1. The zero-order valence-electron chi connectivity index (χ0n) is 11.8. The van der Waals surface area contributed by atoms with Crippen molar-refractivity contribution in [3.8, 4) is 0 Å². The van der Waals surface area contributed by atoms with Crippen molar-refractivity contribution in [2.45, 2.75) is 13.0 Å². The lowest BCUT2D eigenvalue weighted by Gasteiger charge is -2.31. The maximum Gasteiger partial charge on any atom is 0.250 e. The number of rotatable bonds is 4. The number of hydrogen-bond donors (Lipinski definition) is 2. The van der Waals surface area contributed by atoms with E-state index in [1.165, 1.54) is 0 Å². The fourth-order valence-electron chi connectivity index (χ4n) is 2.16. The number of hydrogen-bond acceptors (Lipinski definition) is 4. The van der Waals surface area contributed by atoms with Crippen LogP contribution < -0.4 is 11.1 Å². The first-order valence-electron chi connectivity index (χ1n) is 6.70. The van der Waals surface area contributed by atoms with E-state index in [1.807, 2.05) is 6.92 Å². The summed E-state index contributed by atoms with van der Waals surface area (Å²) in [5.74, 6) is -0.613. The first-order valence-corrected chi connectivity index (χ1v) is 7.08. The average Bonchev–Trinajstić information content (AvgIpc) is 2.45. The van der Waals surface area contributed by atoms with Crippen LogP contribution in [0, 0.1) is 0 Å². The van der Waals surface area contributed by atoms with Crippen molar-refractivity contribution in [2.24, 2.45) is 5.73 Å². The summed E-state index contributed by atoms with van der Waals surface area (Å²) in [4.78, 5) is 25.1. The molecule has 3 N–H and O–H groups in total. The first kappa shape index (κ1) is 15.6. The molecule has 0 aromatic heterocycles. The lowest BCUT2D eigenvalue weighted by molar-refractivity contribution is -0.136. The molecule has 1 fully saturated rings. The fourth-order valence-corrected chi connectivity index (χ4v) is 2.37. The second kappa shape index (κ2) is 6.78. The molecule has 21 heavy (non-hydrogen) atoms. The number of morpholine rings is 1. The van der Waals surface area contributed by atoms with Crippen LogP contribution in [-0.4, -0.2) is 49.1 Å². The van der Waals surface area contributed by atoms with Crippen LogP contribution in [-0.2, 0) is 9.53 Å². The second-order valence-corrected chi connectivity index (χ2v) is 5.34. The van der Waals surface area contributed by atoms with E-state index in [0.29, 0.717) is 30.4 Å². The van der Waals surface area contributed by atoms with Gasteiger partial charge in [-0.25, -0.2) is 0 Å². The molecule has 1 aromatic rings. The highest BCUT2D eigenvalue weighted by Gasteiger charge is 2.21. The summed E-state index contributed by atoms with van der Waals surface area (Å²) in [6, 6.07) is 4.81. The van der Waals surface area contributed by atoms with Gasteiger partial charge in [0.05, 0.1) is 29.8 Å². The van der Waals surface area contributed by atoms with Gasteiger partial charge in [0.15, 0.2) is 0 Å². The predicted molar refractivity (Wildman–Crippen MR) is 80.5 cm³/mol. The van der Waals surface area contributed by atoms with Crippen molar-refractivity contribution in [3.05, 3.63) is 28.8 Å². The zero-order valence-corrected chi connectivity index (χ0v) is 12.5. The molecule has 0 saturated carbocycles. The topological polar surface area (TPSA) is 84.7 Å². The van der Waals surface area contributed by atoms with Crippen LogP contribution in [0.4, 0.5) is 5.69 Å². The quantitative estimate of drug-likeness (QED) is 0.872. The fraction of sp³-hybridized carbons (Fsp3) is 0.429. The van der Waals surface area contributed by atoms with E-state index in [0.717, 1.165) is 0 Å². The van der Waals surface area contributed by atoms with E-state index in [4.69, 9.17) is 22.1 Å². The lowest BCUT2D eigenvalue weighted by atomic mass is 10.2. The largest absolute Gasteiger partial charge is 0.376 e. The minimum atomic E-state index is -0.600. The third kappa shape index (κ3) is 4.09. The van der Waals surface area contributed by atoms with Crippen molar-refractivity contribution >= 4 is 29.1 Å². The van der Waals surface area contributed by atoms with Crippen LogP contribution in [0.5, 0.6) is 0 Å². The monoisotopic (exact) mass is 311 g/mol. The number of anilines is 1. The van der Waals surface area contributed by atoms with Gasteiger partial charge >= 0.3 is 0 Å². The molecule has 1 aliphatic rings. The van der Waals surface area contributed by atoms with E-state index in [9.17, 15) is 9.59 Å². The molecule has 0 spiro atoms. The van der Waals surface area contributed by atoms with E-state index in [-0.39, 0.29) is 24.1 Å². The summed E-state index contributed by atoms with van der Waals surface area (Å²) in [6.07, 6.45) is 0.0553. The van der Waals surface area contributed by atoms with Gasteiger partial charge in [-0.05, 0) is 25.1 Å². The summed E-state index contributed by atoms with van der Waals surface area (Å²) in [7, 11) is 0. The Morgan fingerprint density at radius 2 is 2.29 bits per heavy atom. The van der Waals surface area contributed by atoms with Crippen LogP contribution in [0.2, 0.25) is 5.02 Å². The number of ether oxygens (including phenoxy) is 1. The van der Waals surface area contributed by atoms with Gasteiger partial charge < -0.3 is 20.7 Å². The smallest absolute Gasteiger partial charge is 0.250 e. The minimum Gasteiger partial charge on any atom is -0.376 e. The number of nitrogens with two attached hydrogens (primary N) is 1. The van der Waals surface area contributed by atoms with Crippen LogP contribution >= 0.6 is 11.6 Å². The van der Waals surface area contributed by atoms with Crippen molar-refractivity contribution in [2.75, 3.05) is 31.6 Å². The SMILES string of the molecule is C[C@@H]1CN(C(=O)CNc2ccc(Cl)c(C(N)=O)c2)CCO1. The zero-order chi connectivity index (χ0) is 15.4. The highest BCUT2D eigenvalue weighted by atomic mass is 35.5. The molecule has 1 atom stereocenters. The van der Waals surface area contributed by atoms with Gasteiger partial charge in [0.25, 0.3) is 0 Å². The van der Waals surface area contributed by atoms with Gasteiger partial charge in [0, 0.05) is 18.8 Å². The Balaban J connectivity index is 1.95. The molecule has 1 heterocycles. The molecular formula is C14H18ClN3O3. The van der Waals surface area contributed by atoms with E-state index in [1.54, 1.807) is 23.1 Å². The summed E-state index contributed by atoms with van der Waals surface area (Å²) in [6.45, 7) is 3.82. The molecule has 0 radical (unpaired) electrons. The van der Waals surface area contributed by atoms with Crippen molar-refractivity contribution in [1.82, 2.24) is 4.90 Å². The predicted octanol–water partition coefficient (Wildman–Crippen LogP) is 1.10. The average molecular weight is 312 g/mol. The molecule has 1 saturated heterocycles. The third-order valence-corrected chi connectivity index (χ3v) is 3.60. The summed E-state index contributed by atoms with van der Waals surface area (Å²) in [5.41, 5.74) is 6.09.